The van der Waals surface area contributed by atoms with E-state index in [9.17, 15) is 18.0 Å². The van der Waals surface area contributed by atoms with E-state index in [0.717, 1.165) is 21.0 Å². The summed E-state index contributed by atoms with van der Waals surface area (Å²) in [6, 6.07) is 28.7. The number of ether oxygens (including phenoxy) is 2. The standard InChI is InChI=1S/C37H43N3O6S/c1-27-15-13-14-18-29(27)25-39(32(36(42)38-37(2,3)4)23-28-16-9-7-10-17-28)35(41)26-40(47(43,44)31-19-11-8-12-20-31)30-21-22-33(45-5)34(24-30)46-6/h7-22,24,32H,23,25-26H2,1-6H3,(H,38,42)/t32-/m1/s1. The number of carbonyl (C=O) groups excluding carboxylic acids is 2. The van der Waals surface area contributed by atoms with Gasteiger partial charge in [-0.3, -0.25) is 13.9 Å². The Labute approximate surface area is 278 Å². The first-order chi connectivity index (χ1) is 22.3. The second kappa shape index (κ2) is 15.2. The highest BCUT2D eigenvalue weighted by Crippen LogP contribution is 2.34. The number of nitrogens with zero attached hydrogens (tertiary/aromatic N) is 2. The molecule has 248 valence electrons. The lowest BCUT2D eigenvalue weighted by Gasteiger charge is -2.35. The van der Waals surface area contributed by atoms with E-state index in [1.807, 2.05) is 82.3 Å². The summed E-state index contributed by atoms with van der Waals surface area (Å²) in [4.78, 5) is 30.2. The zero-order chi connectivity index (χ0) is 34.2. The van der Waals surface area contributed by atoms with E-state index in [1.165, 1.54) is 37.3 Å². The molecule has 0 aromatic heterocycles. The van der Waals surface area contributed by atoms with Crippen molar-refractivity contribution in [2.24, 2.45) is 0 Å². The van der Waals surface area contributed by atoms with Gasteiger partial charge >= 0.3 is 0 Å². The molecule has 0 aliphatic heterocycles. The van der Waals surface area contributed by atoms with Crippen LogP contribution in [0, 0.1) is 6.92 Å². The second-order valence-corrected chi connectivity index (χ2v) is 14.1. The number of rotatable bonds is 13. The number of amides is 2. The Morgan fingerprint density at radius 1 is 0.809 bits per heavy atom. The molecule has 1 N–H and O–H groups in total. The minimum absolute atomic E-state index is 0.0133. The van der Waals surface area contributed by atoms with E-state index < -0.39 is 34.1 Å². The van der Waals surface area contributed by atoms with Crippen LogP contribution in [0.4, 0.5) is 5.69 Å². The van der Waals surface area contributed by atoms with Gasteiger partial charge in [-0.25, -0.2) is 8.42 Å². The van der Waals surface area contributed by atoms with Gasteiger partial charge in [-0.1, -0.05) is 72.8 Å². The Morgan fingerprint density at radius 2 is 1.40 bits per heavy atom. The van der Waals surface area contributed by atoms with Crippen LogP contribution >= 0.6 is 0 Å². The van der Waals surface area contributed by atoms with Gasteiger partial charge in [0.25, 0.3) is 10.0 Å². The first-order valence-electron chi connectivity index (χ1n) is 15.3. The van der Waals surface area contributed by atoms with Crippen LogP contribution in [0.3, 0.4) is 0 Å². The fraction of sp³-hybridized carbons (Fsp3) is 0.297. The van der Waals surface area contributed by atoms with E-state index in [-0.39, 0.29) is 29.5 Å². The topological polar surface area (TPSA) is 105 Å². The molecule has 0 unspecified atom stereocenters. The van der Waals surface area contributed by atoms with Crippen LogP contribution in [0.25, 0.3) is 0 Å². The third kappa shape index (κ3) is 8.92. The third-order valence-corrected chi connectivity index (χ3v) is 9.42. The lowest BCUT2D eigenvalue weighted by Crippen LogP contribution is -2.56. The first kappa shape index (κ1) is 35.0. The van der Waals surface area contributed by atoms with Crippen LogP contribution < -0.4 is 19.1 Å². The molecular weight excluding hydrogens is 614 g/mol. The number of sulfonamides is 1. The number of carbonyl (C=O) groups is 2. The molecule has 0 aliphatic carbocycles. The van der Waals surface area contributed by atoms with Crippen molar-refractivity contribution in [2.45, 2.75) is 57.1 Å². The molecule has 0 saturated carbocycles. The van der Waals surface area contributed by atoms with Crippen molar-refractivity contribution in [2.75, 3.05) is 25.1 Å². The van der Waals surface area contributed by atoms with Gasteiger partial charge in [-0.15, -0.1) is 0 Å². The fourth-order valence-electron chi connectivity index (χ4n) is 5.21. The normalized spacial score (nSPS) is 12.1. The molecule has 47 heavy (non-hydrogen) atoms. The van der Waals surface area contributed by atoms with Gasteiger partial charge in [0.05, 0.1) is 24.8 Å². The number of hydrogen-bond acceptors (Lipinski definition) is 6. The molecule has 0 saturated heterocycles. The highest BCUT2D eigenvalue weighted by molar-refractivity contribution is 7.92. The number of nitrogens with one attached hydrogen (secondary N) is 1. The van der Waals surface area contributed by atoms with Gasteiger partial charge in [-0.2, -0.15) is 0 Å². The quantitative estimate of drug-likeness (QED) is 0.196. The van der Waals surface area contributed by atoms with E-state index >= 15 is 0 Å². The van der Waals surface area contributed by atoms with Crippen molar-refractivity contribution in [1.29, 1.82) is 0 Å². The Bertz CT molecular complexity index is 1770. The van der Waals surface area contributed by atoms with Gasteiger partial charge in [0, 0.05) is 24.6 Å². The fourth-order valence-corrected chi connectivity index (χ4v) is 6.63. The molecule has 0 heterocycles. The average Bonchev–Trinajstić information content (AvgIpc) is 3.05. The zero-order valence-corrected chi connectivity index (χ0v) is 28.6. The summed E-state index contributed by atoms with van der Waals surface area (Å²) in [6.45, 7) is 7.09. The van der Waals surface area contributed by atoms with Crippen LogP contribution in [-0.4, -0.2) is 57.5 Å². The SMILES string of the molecule is COc1ccc(N(CC(=O)N(Cc2ccccc2C)[C@H](Cc2ccccc2)C(=O)NC(C)(C)C)S(=O)(=O)c2ccccc2)cc1OC. The maximum absolute atomic E-state index is 14.7. The molecule has 0 spiro atoms. The van der Waals surface area contributed by atoms with E-state index in [2.05, 4.69) is 5.32 Å². The van der Waals surface area contributed by atoms with Crippen molar-refractivity contribution >= 4 is 27.5 Å². The number of aryl methyl sites for hydroxylation is 1. The van der Waals surface area contributed by atoms with Crippen LogP contribution in [0.2, 0.25) is 0 Å². The lowest BCUT2D eigenvalue weighted by molar-refractivity contribution is -0.140. The van der Waals surface area contributed by atoms with Gasteiger partial charge in [-0.05, 0) is 68.7 Å². The molecule has 4 aromatic carbocycles. The summed E-state index contributed by atoms with van der Waals surface area (Å²) in [5.41, 5.74) is 2.26. The minimum atomic E-state index is -4.25. The molecule has 1 atom stereocenters. The molecule has 0 aliphatic rings. The van der Waals surface area contributed by atoms with Crippen molar-refractivity contribution in [1.82, 2.24) is 10.2 Å². The Kier molecular flexibility index (Phi) is 11.3. The Morgan fingerprint density at radius 3 is 2.00 bits per heavy atom. The maximum Gasteiger partial charge on any atom is 0.264 e. The molecule has 4 rings (SSSR count). The molecule has 4 aromatic rings. The van der Waals surface area contributed by atoms with Crippen LogP contribution in [0.1, 0.15) is 37.5 Å². The van der Waals surface area contributed by atoms with Crippen molar-refractivity contribution in [3.8, 4) is 11.5 Å². The molecule has 0 radical (unpaired) electrons. The smallest absolute Gasteiger partial charge is 0.264 e. The molecule has 9 nitrogen and oxygen atoms in total. The van der Waals surface area contributed by atoms with E-state index in [4.69, 9.17) is 9.47 Å². The van der Waals surface area contributed by atoms with Crippen LogP contribution in [-0.2, 0) is 32.6 Å². The van der Waals surface area contributed by atoms with Crippen LogP contribution in [0.15, 0.2) is 108 Å². The summed E-state index contributed by atoms with van der Waals surface area (Å²) in [5, 5.41) is 3.05. The highest BCUT2D eigenvalue weighted by Gasteiger charge is 2.36. The predicted molar refractivity (Wildman–Crippen MR) is 184 cm³/mol. The Hall–Kier alpha value is -4.83. The largest absolute Gasteiger partial charge is 0.493 e. The molecular formula is C37H43N3O6S. The van der Waals surface area contributed by atoms with Crippen molar-refractivity contribution < 1.29 is 27.5 Å². The maximum atomic E-state index is 14.7. The summed E-state index contributed by atoms with van der Waals surface area (Å²) in [6.07, 6.45) is 0.224. The number of hydrogen-bond donors (Lipinski definition) is 1. The van der Waals surface area contributed by atoms with Gasteiger partial charge in [0.2, 0.25) is 11.8 Å². The predicted octanol–water partition coefficient (Wildman–Crippen LogP) is 5.76. The average molecular weight is 658 g/mol. The second-order valence-electron chi connectivity index (χ2n) is 12.3. The van der Waals surface area contributed by atoms with Gasteiger partial charge in [0.1, 0.15) is 12.6 Å². The van der Waals surface area contributed by atoms with Gasteiger partial charge in [0.15, 0.2) is 11.5 Å². The number of anilines is 1. The van der Waals surface area contributed by atoms with Gasteiger partial charge < -0.3 is 19.7 Å². The van der Waals surface area contributed by atoms with E-state index in [1.54, 1.807) is 30.3 Å². The lowest BCUT2D eigenvalue weighted by atomic mass is 10.00. The molecule has 2 amide bonds. The zero-order valence-electron chi connectivity index (χ0n) is 27.8. The van der Waals surface area contributed by atoms with E-state index in [0.29, 0.717) is 11.5 Å². The summed E-state index contributed by atoms with van der Waals surface area (Å²) >= 11 is 0. The number of benzene rings is 4. The first-order valence-corrected chi connectivity index (χ1v) is 16.8. The molecule has 0 fully saturated rings. The molecule has 10 heteroatoms. The monoisotopic (exact) mass is 657 g/mol. The van der Waals surface area contributed by atoms with Crippen molar-refractivity contribution in [3.63, 3.8) is 0 Å². The Balaban J connectivity index is 1.86. The summed E-state index contributed by atoms with van der Waals surface area (Å²) < 4.78 is 40.4. The molecule has 0 bridgehead atoms. The minimum Gasteiger partial charge on any atom is -0.493 e. The third-order valence-electron chi connectivity index (χ3n) is 7.64. The highest BCUT2D eigenvalue weighted by atomic mass is 32.2. The van der Waals surface area contributed by atoms with Crippen molar-refractivity contribution in [3.05, 3.63) is 120 Å². The summed E-state index contributed by atoms with van der Waals surface area (Å²) in [5.74, 6) is -0.184. The number of methoxy groups -OCH3 is 2. The van der Waals surface area contributed by atoms with Crippen LogP contribution in [0.5, 0.6) is 11.5 Å². The summed E-state index contributed by atoms with van der Waals surface area (Å²) in [7, 11) is -1.32.